The van der Waals surface area contributed by atoms with Crippen molar-refractivity contribution in [3.8, 4) is 0 Å². The van der Waals surface area contributed by atoms with Gasteiger partial charge in [0, 0.05) is 19.7 Å². The monoisotopic (exact) mass is 216 g/mol. The van der Waals surface area contributed by atoms with Gasteiger partial charge in [-0.05, 0) is 20.8 Å². The van der Waals surface area contributed by atoms with Gasteiger partial charge in [-0.25, -0.2) is 0 Å². The van der Waals surface area contributed by atoms with Gasteiger partial charge in [-0.1, -0.05) is 0 Å². The number of hydrogen-bond donors (Lipinski definition) is 1. The van der Waals surface area contributed by atoms with Crippen molar-refractivity contribution in [1.82, 2.24) is 10.2 Å². The van der Waals surface area contributed by atoms with Crippen LogP contribution in [0.5, 0.6) is 0 Å². The van der Waals surface area contributed by atoms with E-state index in [1.807, 2.05) is 20.8 Å². The summed E-state index contributed by atoms with van der Waals surface area (Å²) in [5, 5.41) is 2.71. The second kappa shape index (κ2) is 7.23. The first-order valence-electron chi connectivity index (χ1n) is 5.08. The highest BCUT2D eigenvalue weighted by Crippen LogP contribution is 1.87. The Kier molecular flexibility index (Phi) is 6.70. The lowest BCUT2D eigenvalue weighted by Crippen LogP contribution is -2.41. The van der Waals surface area contributed by atoms with E-state index < -0.39 is 0 Å². The van der Waals surface area contributed by atoms with Gasteiger partial charge in [0.15, 0.2) is 0 Å². The zero-order valence-electron chi connectivity index (χ0n) is 9.87. The van der Waals surface area contributed by atoms with Gasteiger partial charge in [0.2, 0.25) is 11.8 Å². The molecular weight excluding hydrogens is 196 g/mol. The Morgan fingerprint density at radius 1 is 1.40 bits per heavy atom. The molecule has 0 radical (unpaired) electrons. The predicted molar refractivity (Wildman–Crippen MR) is 57.4 cm³/mol. The number of rotatable bonds is 6. The average Bonchev–Trinajstić information content (AvgIpc) is 2.12. The van der Waals surface area contributed by atoms with Crippen molar-refractivity contribution in [3.63, 3.8) is 0 Å². The summed E-state index contributed by atoms with van der Waals surface area (Å²) in [4.78, 5) is 24.0. The third-order valence-electron chi connectivity index (χ3n) is 1.69. The summed E-state index contributed by atoms with van der Waals surface area (Å²) in [7, 11) is 1.58. The van der Waals surface area contributed by atoms with Crippen LogP contribution >= 0.6 is 0 Å². The van der Waals surface area contributed by atoms with Gasteiger partial charge in [-0.3, -0.25) is 9.59 Å². The number of carbonyl (C=O) groups is 2. The lowest BCUT2D eigenvalue weighted by Gasteiger charge is -2.17. The van der Waals surface area contributed by atoms with Gasteiger partial charge >= 0.3 is 0 Å². The van der Waals surface area contributed by atoms with Crippen LogP contribution in [0.4, 0.5) is 0 Å². The summed E-state index contributed by atoms with van der Waals surface area (Å²) in [6.45, 7) is 6.17. The fourth-order valence-corrected chi connectivity index (χ4v) is 0.971. The van der Waals surface area contributed by atoms with Crippen molar-refractivity contribution in [3.05, 3.63) is 0 Å². The van der Waals surface area contributed by atoms with Crippen molar-refractivity contribution in [2.24, 2.45) is 0 Å². The van der Waals surface area contributed by atoms with E-state index in [1.165, 1.54) is 4.90 Å². The Hall–Kier alpha value is -1.10. The minimum absolute atomic E-state index is 0.0297. The Morgan fingerprint density at radius 2 is 2.00 bits per heavy atom. The third-order valence-corrected chi connectivity index (χ3v) is 1.69. The van der Waals surface area contributed by atoms with Gasteiger partial charge in [-0.2, -0.15) is 0 Å². The van der Waals surface area contributed by atoms with Crippen LogP contribution in [-0.4, -0.2) is 49.6 Å². The molecule has 0 spiro atoms. The molecule has 0 atom stereocenters. The second-order valence-corrected chi connectivity index (χ2v) is 3.61. The molecule has 0 aliphatic heterocycles. The zero-order chi connectivity index (χ0) is 11.8. The van der Waals surface area contributed by atoms with Gasteiger partial charge in [0.1, 0.15) is 6.61 Å². The molecule has 0 saturated heterocycles. The first kappa shape index (κ1) is 13.9. The molecule has 0 fully saturated rings. The zero-order valence-corrected chi connectivity index (χ0v) is 9.87. The fraction of sp³-hybridized carbons (Fsp3) is 0.800. The van der Waals surface area contributed by atoms with E-state index in [2.05, 4.69) is 5.32 Å². The maximum Gasteiger partial charge on any atom is 0.248 e. The summed E-state index contributed by atoms with van der Waals surface area (Å²) >= 11 is 0. The molecule has 2 amide bonds. The first-order valence-corrected chi connectivity index (χ1v) is 5.08. The normalized spacial score (nSPS) is 10.2. The number of hydrogen-bond acceptors (Lipinski definition) is 3. The molecule has 5 nitrogen and oxygen atoms in total. The van der Waals surface area contributed by atoms with Crippen LogP contribution in [0.25, 0.3) is 0 Å². The van der Waals surface area contributed by atoms with E-state index in [-0.39, 0.29) is 31.0 Å². The topological polar surface area (TPSA) is 58.6 Å². The van der Waals surface area contributed by atoms with E-state index in [0.29, 0.717) is 6.61 Å². The van der Waals surface area contributed by atoms with Gasteiger partial charge in [-0.15, -0.1) is 0 Å². The lowest BCUT2D eigenvalue weighted by molar-refractivity contribution is -0.138. The summed E-state index contributed by atoms with van der Waals surface area (Å²) < 4.78 is 4.96. The molecule has 0 aliphatic rings. The number of carbonyl (C=O) groups excluding carboxylic acids is 2. The van der Waals surface area contributed by atoms with E-state index in [0.717, 1.165) is 0 Å². The Labute approximate surface area is 90.8 Å². The average molecular weight is 216 g/mol. The van der Waals surface area contributed by atoms with Crippen LogP contribution in [-0.2, 0) is 14.3 Å². The standard InChI is InChI=1S/C10H20N2O3/c1-5-15-7-10(14)12(4)6-9(13)11-8(2)3/h8H,5-7H2,1-4H3,(H,11,13). The maximum atomic E-state index is 11.3. The second-order valence-electron chi connectivity index (χ2n) is 3.61. The maximum absolute atomic E-state index is 11.3. The van der Waals surface area contributed by atoms with Crippen LogP contribution in [0.3, 0.4) is 0 Å². The molecule has 0 rings (SSSR count). The summed E-state index contributed by atoms with van der Waals surface area (Å²) in [6, 6.07) is 0.0906. The molecule has 5 heteroatoms. The Bertz CT molecular complexity index is 217. The highest BCUT2D eigenvalue weighted by atomic mass is 16.5. The van der Waals surface area contributed by atoms with Crippen molar-refractivity contribution in [1.29, 1.82) is 0 Å². The molecule has 88 valence electrons. The number of likely N-dealkylation sites (N-methyl/N-ethyl adjacent to an activating group) is 1. The van der Waals surface area contributed by atoms with Gasteiger partial charge in [0.05, 0.1) is 6.54 Å². The van der Waals surface area contributed by atoms with Crippen molar-refractivity contribution in [2.75, 3.05) is 26.8 Å². The highest BCUT2D eigenvalue weighted by Gasteiger charge is 2.12. The first-order chi connectivity index (χ1) is 6.97. The molecule has 0 aromatic rings. The molecule has 0 heterocycles. The van der Waals surface area contributed by atoms with Crippen molar-refractivity contribution in [2.45, 2.75) is 26.8 Å². The predicted octanol–water partition coefficient (Wildman–Crippen LogP) is 0.00590. The molecule has 0 saturated carbocycles. The minimum Gasteiger partial charge on any atom is -0.372 e. The van der Waals surface area contributed by atoms with Crippen LogP contribution in [0, 0.1) is 0 Å². The molecule has 0 aromatic carbocycles. The van der Waals surface area contributed by atoms with Gasteiger partial charge < -0.3 is 15.0 Å². The molecular formula is C10H20N2O3. The molecule has 0 unspecified atom stereocenters. The van der Waals surface area contributed by atoms with Crippen molar-refractivity contribution >= 4 is 11.8 Å². The Balaban J connectivity index is 3.85. The summed E-state index contributed by atoms with van der Waals surface area (Å²) in [5.74, 6) is -0.340. The number of nitrogens with one attached hydrogen (secondary N) is 1. The molecule has 0 aromatic heterocycles. The SMILES string of the molecule is CCOCC(=O)N(C)CC(=O)NC(C)C. The van der Waals surface area contributed by atoms with E-state index in [4.69, 9.17) is 4.74 Å². The molecule has 1 N–H and O–H groups in total. The van der Waals surface area contributed by atoms with Crippen LogP contribution in [0.2, 0.25) is 0 Å². The van der Waals surface area contributed by atoms with Gasteiger partial charge in [0.25, 0.3) is 0 Å². The highest BCUT2D eigenvalue weighted by molar-refractivity contribution is 5.85. The minimum atomic E-state index is -0.184. The summed E-state index contributed by atoms with van der Waals surface area (Å²) in [6.07, 6.45) is 0. The summed E-state index contributed by atoms with van der Waals surface area (Å²) in [5.41, 5.74) is 0. The lowest BCUT2D eigenvalue weighted by atomic mass is 10.4. The fourth-order valence-electron chi connectivity index (χ4n) is 0.971. The quantitative estimate of drug-likeness (QED) is 0.680. The van der Waals surface area contributed by atoms with E-state index in [1.54, 1.807) is 7.05 Å². The molecule has 0 bridgehead atoms. The number of amides is 2. The van der Waals surface area contributed by atoms with Crippen LogP contribution < -0.4 is 5.32 Å². The Morgan fingerprint density at radius 3 is 2.47 bits per heavy atom. The van der Waals surface area contributed by atoms with Crippen LogP contribution in [0.1, 0.15) is 20.8 Å². The number of nitrogens with zero attached hydrogens (tertiary/aromatic N) is 1. The third kappa shape index (κ3) is 6.90. The number of ether oxygens (including phenoxy) is 1. The molecule has 15 heavy (non-hydrogen) atoms. The van der Waals surface area contributed by atoms with Crippen LogP contribution in [0.15, 0.2) is 0 Å². The van der Waals surface area contributed by atoms with E-state index >= 15 is 0 Å². The smallest absolute Gasteiger partial charge is 0.248 e. The molecule has 0 aliphatic carbocycles. The largest absolute Gasteiger partial charge is 0.372 e. The van der Waals surface area contributed by atoms with Crippen molar-refractivity contribution < 1.29 is 14.3 Å². The van der Waals surface area contributed by atoms with E-state index in [9.17, 15) is 9.59 Å².